The molecule has 0 aliphatic rings. The van der Waals surface area contributed by atoms with Gasteiger partial charge in [0, 0.05) is 19.3 Å². The summed E-state index contributed by atoms with van der Waals surface area (Å²) in [6.07, 6.45) is -0.203. The number of rotatable bonds is 7. The molecule has 24 heavy (non-hydrogen) atoms. The van der Waals surface area contributed by atoms with Gasteiger partial charge < -0.3 is 10.6 Å². The van der Waals surface area contributed by atoms with Crippen LogP contribution in [0.1, 0.15) is 24.9 Å². The molecule has 1 amide bonds. The largest absolute Gasteiger partial charge is 0.417 e. The third-order valence-corrected chi connectivity index (χ3v) is 3.26. The Kier molecular flexibility index (Phi) is 5.72. The fraction of sp³-hybridized carbons (Fsp3) is 0.429. The molecule has 0 saturated heterocycles. The Bertz CT molecular complexity index is 642. The molecule has 2 aromatic heterocycles. The van der Waals surface area contributed by atoms with E-state index in [0.29, 0.717) is 25.3 Å². The molecule has 0 saturated carbocycles. The van der Waals surface area contributed by atoms with Gasteiger partial charge in [-0.3, -0.25) is 4.79 Å². The molecule has 0 radical (unpaired) electrons. The third-order valence-electron chi connectivity index (χ3n) is 3.26. The van der Waals surface area contributed by atoms with Gasteiger partial charge >= 0.3 is 6.18 Å². The summed E-state index contributed by atoms with van der Waals surface area (Å²) >= 11 is 0. The minimum Gasteiger partial charge on any atom is -0.370 e. The smallest absolute Gasteiger partial charge is 0.370 e. The number of halogens is 3. The standard InChI is InChI=1S/C14H17F3N6O/c1-10(23-9-18-8-22-23)13(24)20-6-2-5-19-12-4-3-11(7-21-12)14(15,16)17/h3-4,7-10H,2,5-6H2,1H3,(H,19,21)(H,20,24). The molecular weight excluding hydrogens is 325 g/mol. The number of nitrogens with one attached hydrogen (secondary N) is 2. The average Bonchev–Trinajstić information content (AvgIpc) is 3.07. The van der Waals surface area contributed by atoms with Crippen LogP contribution in [0.4, 0.5) is 19.0 Å². The van der Waals surface area contributed by atoms with Crippen LogP contribution in [0.5, 0.6) is 0 Å². The maximum absolute atomic E-state index is 12.4. The summed E-state index contributed by atoms with van der Waals surface area (Å²) in [6.45, 7) is 2.59. The van der Waals surface area contributed by atoms with Gasteiger partial charge in [0.25, 0.3) is 0 Å². The highest BCUT2D eigenvalue weighted by molar-refractivity contribution is 5.79. The summed E-state index contributed by atoms with van der Waals surface area (Å²) in [4.78, 5) is 19.3. The molecule has 0 spiro atoms. The van der Waals surface area contributed by atoms with Gasteiger partial charge in [-0.1, -0.05) is 0 Å². The number of anilines is 1. The van der Waals surface area contributed by atoms with Crippen molar-refractivity contribution in [2.75, 3.05) is 18.4 Å². The van der Waals surface area contributed by atoms with Gasteiger partial charge in [-0.05, 0) is 25.5 Å². The van der Waals surface area contributed by atoms with Gasteiger partial charge in [-0.2, -0.15) is 18.3 Å². The predicted octanol–water partition coefficient (Wildman–Crippen LogP) is 1.87. The second kappa shape index (κ2) is 7.75. The molecule has 0 aliphatic carbocycles. The first-order valence-electron chi connectivity index (χ1n) is 7.27. The first-order valence-corrected chi connectivity index (χ1v) is 7.27. The van der Waals surface area contributed by atoms with Crippen LogP contribution >= 0.6 is 0 Å². The lowest BCUT2D eigenvalue weighted by atomic mass is 10.3. The van der Waals surface area contributed by atoms with Gasteiger partial charge in [0.1, 0.15) is 24.5 Å². The zero-order chi connectivity index (χ0) is 17.6. The third kappa shape index (κ3) is 4.93. The summed E-state index contributed by atoms with van der Waals surface area (Å²) in [7, 11) is 0. The van der Waals surface area contributed by atoms with Crippen LogP contribution in [0.3, 0.4) is 0 Å². The van der Waals surface area contributed by atoms with Crippen LogP contribution in [0.15, 0.2) is 31.0 Å². The van der Waals surface area contributed by atoms with Crippen LogP contribution in [-0.4, -0.2) is 38.7 Å². The Hall–Kier alpha value is -2.65. The molecule has 10 heteroatoms. The van der Waals surface area contributed by atoms with E-state index in [2.05, 4.69) is 25.7 Å². The molecule has 2 rings (SSSR count). The predicted molar refractivity (Wildman–Crippen MR) is 80.1 cm³/mol. The van der Waals surface area contributed by atoms with E-state index >= 15 is 0 Å². The van der Waals surface area contributed by atoms with Gasteiger partial charge in [0.05, 0.1) is 5.56 Å². The van der Waals surface area contributed by atoms with Crippen LogP contribution in [0.25, 0.3) is 0 Å². The SMILES string of the molecule is CC(C(=O)NCCCNc1ccc(C(F)(F)F)cn1)n1cncn1. The number of amides is 1. The quantitative estimate of drug-likeness (QED) is 0.751. The Morgan fingerprint density at radius 3 is 2.71 bits per heavy atom. The van der Waals surface area contributed by atoms with Crippen molar-refractivity contribution in [3.05, 3.63) is 36.5 Å². The van der Waals surface area contributed by atoms with E-state index in [4.69, 9.17) is 0 Å². The van der Waals surface area contributed by atoms with Crippen molar-refractivity contribution in [2.45, 2.75) is 25.6 Å². The number of alkyl halides is 3. The fourth-order valence-corrected chi connectivity index (χ4v) is 1.87. The number of hydrogen-bond donors (Lipinski definition) is 2. The Balaban J connectivity index is 1.67. The average molecular weight is 342 g/mol. The van der Waals surface area contributed by atoms with Crippen molar-refractivity contribution in [1.29, 1.82) is 0 Å². The summed E-state index contributed by atoms with van der Waals surface area (Å²) < 4.78 is 38.7. The minimum absolute atomic E-state index is 0.187. The zero-order valence-corrected chi connectivity index (χ0v) is 12.9. The number of nitrogens with zero attached hydrogens (tertiary/aromatic N) is 4. The monoisotopic (exact) mass is 342 g/mol. The first-order chi connectivity index (χ1) is 11.4. The van der Waals surface area contributed by atoms with E-state index in [1.807, 2.05) is 0 Å². The second-order valence-corrected chi connectivity index (χ2v) is 5.05. The van der Waals surface area contributed by atoms with Crippen LogP contribution in [-0.2, 0) is 11.0 Å². The van der Waals surface area contributed by atoms with E-state index in [1.165, 1.54) is 23.4 Å². The molecule has 2 heterocycles. The summed E-state index contributed by atoms with van der Waals surface area (Å²) in [5.41, 5.74) is -0.789. The highest BCUT2D eigenvalue weighted by Crippen LogP contribution is 2.28. The molecule has 0 aromatic carbocycles. The molecule has 2 N–H and O–H groups in total. The first kappa shape index (κ1) is 17.7. The van der Waals surface area contributed by atoms with Crippen molar-refractivity contribution in [3.8, 4) is 0 Å². The molecule has 2 aromatic rings. The molecule has 1 unspecified atom stereocenters. The summed E-state index contributed by atoms with van der Waals surface area (Å²) in [5, 5.41) is 9.54. The van der Waals surface area contributed by atoms with Gasteiger partial charge in [0.15, 0.2) is 0 Å². The molecule has 130 valence electrons. The highest BCUT2D eigenvalue weighted by atomic mass is 19.4. The van der Waals surface area contributed by atoms with Gasteiger partial charge in [0.2, 0.25) is 5.91 Å². The summed E-state index contributed by atoms with van der Waals surface area (Å²) in [6, 6.07) is 1.78. The lowest BCUT2D eigenvalue weighted by Gasteiger charge is -2.12. The molecule has 0 bridgehead atoms. The number of carbonyl (C=O) groups is 1. The van der Waals surface area contributed by atoms with Crippen LogP contribution in [0, 0.1) is 0 Å². The van der Waals surface area contributed by atoms with Crippen molar-refractivity contribution in [2.24, 2.45) is 0 Å². The van der Waals surface area contributed by atoms with E-state index in [0.717, 1.165) is 12.3 Å². The minimum atomic E-state index is -4.39. The van der Waals surface area contributed by atoms with E-state index in [-0.39, 0.29) is 5.91 Å². The topological polar surface area (TPSA) is 84.7 Å². The van der Waals surface area contributed by atoms with Crippen molar-refractivity contribution in [1.82, 2.24) is 25.1 Å². The molecule has 0 aliphatic heterocycles. The van der Waals surface area contributed by atoms with E-state index in [9.17, 15) is 18.0 Å². The lowest BCUT2D eigenvalue weighted by molar-refractivity contribution is -0.137. The van der Waals surface area contributed by atoms with E-state index < -0.39 is 17.8 Å². The normalized spacial score (nSPS) is 12.7. The van der Waals surface area contributed by atoms with Crippen LogP contribution in [0.2, 0.25) is 0 Å². The zero-order valence-electron chi connectivity index (χ0n) is 12.9. The van der Waals surface area contributed by atoms with Crippen molar-refractivity contribution < 1.29 is 18.0 Å². The second-order valence-electron chi connectivity index (χ2n) is 5.05. The van der Waals surface area contributed by atoms with Gasteiger partial charge in [-0.15, -0.1) is 0 Å². The maximum atomic E-state index is 12.4. The number of aromatic nitrogens is 4. The van der Waals surface area contributed by atoms with E-state index in [1.54, 1.807) is 6.92 Å². The Morgan fingerprint density at radius 2 is 2.12 bits per heavy atom. The highest BCUT2D eigenvalue weighted by Gasteiger charge is 2.30. The molecular formula is C14H17F3N6O. The van der Waals surface area contributed by atoms with Crippen LogP contribution < -0.4 is 10.6 Å². The Labute approximate surface area is 136 Å². The van der Waals surface area contributed by atoms with Crippen molar-refractivity contribution >= 4 is 11.7 Å². The van der Waals surface area contributed by atoms with Gasteiger partial charge in [-0.25, -0.2) is 14.6 Å². The summed E-state index contributed by atoms with van der Waals surface area (Å²) in [5.74, 6) is 0.165. The molecule has 1 atom stereocenters. The number of pyridine rings is 1. The maximum Gasteiger partial charge on any atom is 0.417 e. The van der Waals surface area contributed by atoms with Crippen molar-refractivity contribution in [3.63, 3.8) is 0 Å². The Morgan fingerprint density at radius 1 is 1.33 bits per heavy atom. The fourth-order valence-electron chi connectivity index (χ4n) is 1.87. The molecule has 7 nitrogen and oxygen atoms in total. The number of carbonyl (C=O) groups excluding carboxylic acids is 1. The molecule has 0 fully saturated rings. The lowest BCUT2D eigenvalue weighted by Crippen LogP contribution is -2.32. The number of hydrogen-bond acceptors (Lipinski definition) is 5.